The molecule has 1 N–H and O–H groups in total. The number of anilines is 1. The molecule has 0 unspecified atom stereocenters. The van der Waals surface area contributed by atoms with Crippen LogP contribution in [0.2, 0.25) is 0 Å². The lowest BCUT2D eigenvalue weighted by Crippen LogP contribution is -2.33. The summed E-state index contributed by atoms with van der Waals surface area (Å²) in [7, 11) is 0. The molecule has 0 atom stereocenters. The fourth-order valence-corrected chi connectivity index (χ4v) is 1.99. The second-order valence-corrected chi connectivity index (χ2v) is 4.38. The van der Waals surface area contributed by atoms with E-state index in [1.54, 1.807) is 6.92 Å². The molecule has 2 heteroatoms. The third kappa shape index (κ3) is 1.89. The lowest BCUT2D eigenvalue weighted by atomic mass is 9.82. The van der Waals surface area contributed by atoms with Gasteiger partial charge in [-0.2, -0.15) is 0 Å². The second-order valence-electron chi connectivity index (χ2n) is 4.38. The van der Waals surface area contributed by atoms with Gasteiger partial charge in [-0.3, -0.25) is 0 Å². The van der Waals surface area contributed by atoms with Crippen LogP contribution in [0, 0.1) is 18.7 Å². The first-order valence-electron chi connectivity index (χ1n) is 5.18. The van der Waals surface area contributed by atoms with Gasteiger partial charge in [-0.05, 0) is 49.4 Å². The number of halogens is 1. The molecule has 76 valence electrons. The first kappa shape index (κ1) is 9.50. The van der Waals surface area contributed by atoms with Crippen molar-refractivity contribution in [2.45, 2.75) is 32.7 Å². The summed E-state index contributed by atoms with van der Waals surface area (Å²) in [4.78, 5) is 0. The van der Waals surface area contributed by atoms with E-state index in [1.165, 1.54) is 18.9 Å². The fraction of sp³-hybridized carbons (Fsp3) is 0.500. The maximum absolute atomic E-state index is 13.0. The van der Waals surface area contributed by atoms with Gasteiger partial charge in [-0.1, -0.05) is 6.92 Å². The Morgan fingerprint density at radius 1 is 1.36 bits per heavy atom. The molecular weight excluding hydrogens is 177 g/mol. The molecule has 0 aromatic heterocycles. The first-order chi connectivity index (χ1) is 6.65. The highest BCUT2D eigenvalue weighted by molar-refractivity contribution is 5.47. The molecule has 1 aliphatic rings. The van der Waals surface area contributed by atoms with Gasteiger partial charge < -0.3 is 5.32 Å². The highest BCUT2D eigenvalue weighted by Crippen LogP contribution is 2.29. The zero-order valence-corrected chi connectivity index (χ0v) is 8.68. The summed E-state index contributed by atoms with van der Waals surface area (Å²) >= 11 is 0. The zero-order valence-electron chi connectivity index (χ0n) is 8.68. The minimum Gasteiger partial charge on any atom is -0.382 e. The standard InChI is InChI=1S/C12H16FN/c1-8-5-11(6-8)14-10-3-4-12(13)9(2)7-10/h3-4,7-8,11,14H,5-6H2,1-2H3. The zero-order chi connectivity index (χ0) is 10.1. The Kier molecular flexibility index (Phi) is 2.44. The molecule has 0 saturated heterocycles. The Hall–Kier alpha value is -1.05. The van der Waals surface area contributed by atoms with Crippen LogP contribution >= 0.6 is 0 Å². The minimum absolute atomic E-state index is 0.127. The number of hydrogen-bond donors (Lipinski definition) is 1. The van der Waals surface area contributed by atoms with Crippen molar-refractivity contribution in [2.24, 2.45) is 5.92 Å². The summed E-state index contributed by atoms with van der Waals surface area (Å²) in [6.45, 7) is 4.05. The molecule has 2 rings (SSSR count). The predicted molar refractivity (Wildman–Crippen MR) is 56.9 cm³/mol. The van der Waals surface area contributed by atoms with Crippen molar-refractivity contribution >= 4 is 5.69 Å². The van der Waals surface area contributed by atoms with Gasteiger partial charge in [0.05, 0.1) is 0 Å². The van der Waals surface area contributed by atoms with Crippen molar-refractivity contribution in [3.63, 3.8) is 0 Å². The largest absolute Gasteiger partial charge is 0.382 e. The average Bonchev–Trinajstić information content (AvgIpc) is 2.09. The van der Waals surface area contributed by atoms with Gasteiger partial charge in [-0.15, -0.1) is 0 Å². The minimum atomic E-state index is -0.127. The van der Waals surface area contributed by atoms with Crippen molar-refractivity contribution in [3.8, 4) is 0 Å². The van der Waals surface area contributed by atoms with Gasteiger partial charge in [0.15, 0.2) is 0 Å². The number of benzene rings is 1. The van der Waals surface area contributed by atoms with E-state index in [0.717, 1.165) is 11.6 Å². The SMILES string of the molecule is Cc1cc(NC2CC(C)C2)ccc1F. The van der Waals surface area contributed by atoms with Crippen LogP contribution in [0.25, 0.3) is 0 Å². The van der Waals surface area contributed by atoms with E-state index >= 15 is 0 Å². The summed E-state index contributed by atoms with van der Waals surface area (Å²) in [6, 6.07) is 5.80. The van der Waals surface area contributed by atoms with E-state index in [2.05, 4.69) is 12.2 Å². The van der Waals surface area contributed by atoms with Crippen LogP contribution in [0.4, 0.5) is 10.1 Å². The van der Waals surface area contributed by atoms with Crippen molar-refractivity contribution in [3.05, 3.63) is 29.6 Å². The van der Waals surface area contributed by atoms with Crippen LogP contribution in [0.5, 0.6) is 0 Å². The van der Waals surface area contributed by atoms with E-state index in [1.807, 2.05) is 12.1 Å². The molecular formula is C12H16FN. The summed E-state index contributed by atoms with van der Waals surface area (Å²) in [5.74, 6) is 0.714. The Morgan fingerprint density at radius 2 is 2.07 bits per heavy atom. The van der Waals surface area contributed by atoms with Gasteiger partial charge in [-0.25, -0.2) is 4.39 Å². The third-order valence-corrected chi connectivity index (χ3v) is 2.90. The summed E-state index contributed by atoms with van der Waals surface area (Å²) in [5.41, 5.74) is 1.75. The number of nitrogens with one attached hydrogen (secondary N) is 1. The molecule has 0 spiro atoms. The van der Waals surface area contributed by atoms with Crippen LogP contribution in [0.1, 0.15) is 25.3 Å². The molecule has 0 amide bonds. The normalized spacial score (nSPS) is 25.6. The third-order valence-electron chi connectivity index (χ3n) is 2.90. The average molecular weight is 193 g/mol. The lowest BCUT2D eigenvalue weighted by Gasteiger charge is -2.34. The number of rotatable bonds is 2. The quantitative estimate of drug-likeness (QED) is 0.759. The second kappa shape index (κ2) is 3.60. The highest BCUT2D eigenvalue weighted by atomic mass is 19.1. The van der Waals surface area contributed by atoms with Gasteiger partial charge >= 0.3 is 0 Å². The molecule has 1 aliphatic carbocycles. The van der Waals surface area contributed by atoms with Gasteiger partial charge in [0.25, 0.3) is 0 Å². The number of hydrogen-bond acceptors (Lipinski definition) is 1. The molecule has 0 aliphatic heterocycles. The van der Waals surface area contributed by atoms with Crippen LogP contribution in [-0.4, -0.2) is 6.04 Å². The Labute approximate surface area is 84.3 Å². The molecule has 0 radical (unpaired) electrons. The molecule has 1 aromatic carbocycles. The molecule has 1 nitrogen and oxygen atoms in total. The van der Waals surface area contributed by atoms with Crippen molar-refractivity contribution < 1.29 is 4.39 Å². The molecule has 14 heavy (non-hydrogen) atoms. The van der Waals surface area contributed by atoms with E-state index in [4.69, 9.17) is 0 Å². The van der Waals surface area contributed by atoms with Crippen molar-refractivity contribution in [2.75, 3.05) is 5.32 Å². The summed E-state index contributed by atoms with van der Waals surface area (Å²) < 4.78 is 13.0. The summed E-state index contributed by atoms with van der Waals surface area (Å²) in [5, 5.41) is 3.41. The highest BCUT2D eigenvalue weighted by Gasteiger charge is 2.24. The maximum Gasteiger partial charge on any atom is 0.126 e. The maximum atomic E-state index is 13.0. The summed E-state index contributed by atoms with van der Waals surface area (Å²) in [6.07, 6.45) is 2.47. The molecule has 0 bridgehead atoms. The van der Waals surface area contributed by atoms with Crippen LogP contribution in [0.3, 0.4) is 0 Å². The van der Waals surface area contributed by atoms with E-state index < -0.39 is 0 Å². The Balaban J connectivity index is 2.00. The van der Waals surface area contributed by atoms with Crippen molar-refractivity contribution in [1.29, 1.82) is 0 Å². The monoisotopic (exact) mass is 193 g/mol. The van der Waals surface area contributed by atoms with Gasteiger partial charge in [0, 0.05) is 11.7 Å². The van der Waals surface area contributed by atoms with Gasteiger partial charge in [0.2, 0.25) is 0 Å². The van der Waals surface area contributed by atoms with Gasteiger partial charge in [0.1, 0.15) is 5.82 Å². The van der Waals surface area contributed by atoms with Crippen LogP contribution < -0.4 is 5.32 Å². The molecule has 1 aromatic rings. The lowest BCUT2D eigenvalue weighted by molar-refractivity contribution is 0.309. The van der Waals surface area contributed by atoms with Crippen LogP contribution in [-0.2, 0) is 0 Å². The molecule has 1 fully saturated rings. The van der Waals surface area contributed by atoms with E-state index in [9.17, 15) is 4.39 Å². The van der Waals surface area contributed by atoms with E-state index in [0.29, 0.717) is 11.6 Å². The molecule has 0 heterocycles. The first-order valence-corrected chi connectivity index (χ1v) is 5.18. The number of aryl methyl sites for hydroxylation is 1. The molecule has 1 saturated carbocycles. The van der Waals surface area contributed by atoms with Crippen LogP contribution in [0.15, 0.2) is 18.2 Å². The predicted octanol–water partition coefficient (Wildman–Crippen LogP) is 3.34. The Morgan fingerprint density at radius 3 is 2.64 bits per heavy atom. The van der Waals surface area contributed by atoms with E-state index in [-0.39, 0.29) is 5.82 Å². The topological polar surface area (TPSA) is 12.0 Å². The fourth-order valence-electron chi connectivity index (χ4n) is 1.99. The smallest absolute Gasteiger partial charge is 0.126 e. The van der Waals surface area contributed by atoms with Crippen molar-refractivity contribution in [1.82, 2.24) is 0 Å². The Bertz CT molecular complexity index is 329.